The molecule has 1 aromatic rings. The van der Waals surface area contributed by atoms with Crippen LogP contribution in [0.15, 0.2) is 12.3 Å². The van der Waals surface area contributed by atoms with Gasteiger partial charge in [0.15, 0.2) is 0 Å². The average molecular weight is 204 g/mol. The summed E-state index contributed by atoms with van der Waals surface area (Å²) < 4.78 is 0. The minimum absolute atomic E-state index is 0.392. The highest BCUT2D eigenvalue weighted by Gasteiger charge is 2.07. The Morgan fingerprint density at radius 3 is 2.40 bits per heavy atom. The molecule has 0 spiro atoms. The maximum Gasteiger partial charge on any atom is 0.101 e. The highest BCUT2D eigenvalue weighted by Crippen LogP contribution is 2.19. The first-order valence-electron chi connectivity index (χ1n) is 5.58. The van der Waals surface area contributed by atoms with Gasteiger partial charge in [0.2, 0.25) is 0 Å². The first kappa shape index (κ1) is 13.6. The zero-order chi connectivity index (χ0) is 11.8. The van der Waals surface area contributed by atoms with E-state index in [4.69, 9.17) is 5.26 Å². The highest BCUT2D eigenvalue weighted by atomic mass is 14.7. The number of nitriles is 1. The van der Waals surface area contributed by atoms with Crippen molar-refractivity contribution in [1.82, 2.24) is 4.98 Å². The van der Waals surface area contributed by atoms with Crippen LogP contribution < -0.4 is 0 Å². The standard InChI is InChI=1S/C11H14N2.C2H6/c1-4-10-5-11(8(2)3)9(6-12)7-13-10;1-2/h5,7-8H,4H2,1-3H3;1-2H3. The predicted octanol–water partition coefficient (Wildman–Crippen LogP) is 3.67. The molecular formula is C13H20N2. The Bertz CT molecular complexity index is 335. The molecule has 0 amide bonds. The topological polar surface area (TPSA) is 36.7 Å². The lowest BCUT2D eigenvalue weighted by Crippen LogP contribution is -1.97. The number of pyridine rings is 1. The second kappa shape index (κ2) is 7.00. The van der Waals surface area contributed by atoms with Crippen LogP contribution in [-0.2, 0) is 6.42 Å². The lowest BCUT2D eigenvalue weighted by atomic mass is 9.98. The molecule has 0 fully saturated rings. The van der Waals surface area contributed by atoms with Gasteiger partial charge in [-0.3, -0.25) is 4.98 Å². The molecule has 82 valence electrons. The van der Waals surface area contributed by atoms with Crippen LogP contribution in [-0.4, -0.2) is 4.98 Å². The van der Waals surface area contributed by atoms with Crippen LogP contribution in [0.2, 0.25) is 0 Å². The van der Waals surface area contributed by atoms with E-state index in [0.717, 1.165) is 17.7 Å². The second-order valence-corrected chi connectivity index (χ2v) is 3.38. The summed E-state index contributed by atoms with van der Waals surface area (Å²) in [5.41, 5.74) is 2.87. The van der Waals surface area contributed by atoms with Crippen molar-refractivity contribution >= 4 is 0 Å². The third-order valence-corrected chi connectivity index (χ3v) is 2.10. The van der Waals surface area contributed by atoms with Crippen LogP contribution in [0.3, 0.4) is 0 Å². The van der Waals surface area contributed by atoms with Crippen molar-refractivity contribution < 1.29 is 0 Å². The number of rotatable bonds is 2. The predicted molar refractivity (Wildman–Crippen MR) is 63.8 cm³/mol. The SMILES string of the molecule is CC.CCc1cc(C(C)C)c(C#N)cn1. The molecule has 0 unspecified atom stereocenters. The second-order valence-electron chi connectivity index (χ2n) is 3.38. The van der Waals surface area contributed by atoms with Crippen molar-refractivity contribution in [3.05, 3.63) is 29.1 Å². The molecular weight excluding hydrogens is 184 g/mol. The maximum atomic E-state index is 8.84. The zero-order valence-electron chi connectivity index (χ0n) is 10.3. The van der Waals surface area contributed by atoms with E-state index in [9.17, 15) is 0 Å². The van der Waals surface area contributed by atoms with E-state index in [1.807, 2.05) is 19.9 Å². The van der Waals surface area contributed by atoms with Gasteiger partial charge >= 0.3 is 0 Å². The Hall–Kier alpha value is -1.36. The molecule has 0 aliphatic heterocycles. The molecule has 2 heteroatoms. The molecule has 0 bridgehead atoms. The molecule has 0 radical (unpaired) electrons. The van der Waals surface area contributed by atoms with Crippen LogP contribution in [0.4, 0.5) is 0 Å². The molecule has 1 rings (SSSR count). The fourth-order valence-electron chi connectivity index (χ4n) is 1.28. The number of aromatic nitrogens is 1. The molecule has 1 aromatic heterocycles. The van der Waals surface area contributed by atoms with Gasteiger partial charge in [-0.05, 0) is 24.0 Å². The number of hydrogen-bond acceptors (Lipinski definition) is 2. The monoisotopic (exact) mass is 204 g/mol. The summed E-state index contributed by atoms with van der Waals surface area (Å²) in [7, 11) is 0. The van der Waals surface area contributed by atoms with Gasteiger partial charge in [0.05, 0.1) is 5.56 Å². The molecule has 15 heavy (non-hydrogen) atoms. The Labute approximate surface area is 93.0 Å². The summed E-state index contributed by atoms with van der Waals surface area (Å²) in [6, 6.07) is 4.20. The van der Waals surface area contributed by atoms with Gasteiger partial charge in [0.1, 0.15) is 6.07 Å². The Morgan fingerprint density at radius 2 is 2.00 bits per heavy atom. The van der Waals surface area contributed by atoms with Crippen molar-refractivity contribution in [2.45, 2.75) is 47.0 Å². The largest absolute Gasteiger partial charge is 0.260 e. The molecule has 0 aliphatic carbocycles. The molecule has 0 aliphatic rings. The van der Waals surface area contributed by atoms with Crippen molar-refractivity contribution in [3.8, 4) is 6.07 Å². The van der Waals surface area contributed by atoms with Gasteiger partial charge in [-0.25, -0.2) is 0 Å². The number of hydrogen-bond donors (Lipinski definition) is 0. The van der Waals surface area contributed by atoms with Gasteiger partial charge in [0, 0.05) is 11.9 Å². The molecule has 0 N–H and O–H groups in total. The minimum atomic E-state index is 0.392. The number of nitrogens with zero attached hydrogens (tertiary/aromatic N) is 2. The van der Waals surface area contributed by atoms with Gasteiger partial charge in [-0.2, -0.15) is 5.26 Å². The molecule has 1 heterocycles. The van der Waals surface area contributed by atoms with Crippen LogP contribution in [0.5, 0.6) is 0 Å². The lowest BCUT2D eigenvalue weighted by molar-refractivity contribution is 0.849. The normalized spacial score (nSPS) is 9.13. The van der Waals surface area contributed by atoms with Crippen LogP contribution in [0.25, 0.3) is 0 Å². The minimum Gasteiger partial charge on any atom is -0.260 e. The molecule has 0 aromatic carbocycles. The fraction of sp³-hybridized carbons (Fsp3) is 0.538. The van der Waals surface area contributed by atoms with Gasteiger partial charge in [0.25, 0.3) is 0 Å². The van der Waals surface area contributed by atoms with Gasteiger partial charge in [-0.1, -0.05) is 34.6 Å². The summed E-state index contributed by atoms with van der Waals surface area (Å²) in [4.78, 5) is 4.19. The summed E-state index contributed by atoms with van der Waals surface area (Å²) in [6.07, 6.45) is 2.60. The highest BCUT2D eigenvalue weighted by molar-refractivity contribution is 5.38. The summed E-state index contributed by atoms with van der Waals surface area (Å²) in [5.74, 6) is 0.392. The fourth-order valence-corrected chi connectivity index (χ4v) is 1.28. The first-order valence-corrected chi connectivity index (χ1v) is 5.58. The van der Waals surface area contributed by atoms with E-state index in [1.165, 1.54) is 0 Å². The quantitative estimate of drug-likeness (QED) is 0.737. The Kier molecular flexibility index (Phi) is 6.37. The van der Waals surface area contributed by atoms with Gasteiger partial charge in [-0.15, -0.1) is 0 Å². The lowest BCUT2D eigenvalue weighted by Gasteiger charge is -2.08. The van der Waals surface area contributed by atoms with Crippen molar-refractivity contribution in [1.29, 1.82) is 5.26 Å². The third kappa shape index (κ3) is 3.71. The summed E-state index contributed by atoms with van der Waals surface area (Å²) in [5, 5.41) is 8.84. The first-order chi connectivity index (χ1) is 7.19. The molecule has 0 atom stereocenters. The Balaban J connectivity index is 0.000000921. The van der Waals surface area contributed by atoms with Crippen molar-refractivity contribution in [3.63, 3.8) is 0 Å². The van der Waals surface area contributed by atoms with Crippen LogP contribution in [0.1, 0.15) is 57.4 Å². The van der Waals surface area contributed by atoms with E-state index in [0.29, 0.717) is 11.5 Å². The van der Waals surface area contributed by atoms with E-state index in [-0.39, 0.29) is 0 Å². The summed E-state index contributed by atoms with van der Waals surface area (Å²) >= 11 is 0. The zero-order valence-corrected chi connectivity index (χ0v) is 10.3. The van der Waals surface area contributed by atoms with E-state index >= 15 is 0 Å². The average Bonchev–Trinajstić information content (AvgIpc) is 2.30. The van der Waals surface area contributed by atoms with E-state index in [1.54, 1.807) is 6.20 Å². The van der Waals surface area contributed by atoms with Crippen LogP contribution in [0, 0.1) is 11.3 Å². The van der Waals surface area contributed by atoms with E-state index < -0.39 is 0 Å². The number of aryl methyl sites for hydroxylation is 1. The molecule has 2 nitrogen and oxygen atoms in total. The smallest absolute Gasteiger partial charge is 0.101 e. The van der Waals surface area contributed by atoms with Crippen molar-refractivity contribution in [2.24, 2.45) is 0 Å². The van der Waals surface area contributed by atoms with Crippen LogP contribution >= 0.6 is 0 Å². The van der Waals surface area contributed by atoms with Gasteiger partial charge < -0.3 is 0 Å². The van der Waals surface area contributed by atoms with E-state index in [2.05, 4.69) is 31.8 Å². The molecule has 0 saturated heterocycles. The summed E-state index contributed by atoms with van der Waals surface area (Å²) in [6.45, 7) is 10.3. The van der Waals surface area contributed by atoms with Crippen molar-refractivity contribution in [2.75, 3.05) is 0 Å². The maximum absolute atomic E-state index is 8.84. The Morgan fingerprint density at radius 1 is 1.40 bits per heavy atom. The molecule has 0 saturated carbocycles. The third-order valence-electron chi connectivity index (χ3n) is 2.10.